The lowest BCUT2D eigenvalue weighted by molar-refractivity contribution is 0.0674. The normalized spacial score (nSPS) is 17.4. The van der Waals surface area contributed by atoms with Gasteiger partial charge in [-0.15, -0.1) is 5.10 Å². The molecule has 76 valence electrons. The van der Waals surface area contributed by atoms with Crippen LogP contribution in [0.15, 0.2) is 0 Å². The summed E-state index contributed by atoms with van der Waals surface area (Å²) in [7, 11) is 0. The molecule has 0 spiro atoms. The predicted molar refractivity (Wildman–Crippen MR) is 46.7 cm³/mol. The number of hydrogen-bond acceptors (Lipinski definition) is 4. The maximum Gasteiger partial charge on any atom is 0.375 e. The van der Waals surface area contributed by atoms with Crippen molar-refractivity contribution in [2.75, 3.05) is 0 Å². The van der Waals surface area contributed by atoms with E-state index in [2.05, 4.69) is 15.5 Å². The summed E-state index contributed by atoms with van der Waals surface area (Å²) in [4.78, 5) is 10.7. The Labute approximate surface area is 80.9 Å². The molecule has 0 aromatic carbocycles. The van der Waals surface area contributed by atoms with E-state index in [-0.39, 0.29) is 5.82 Å². The number of tetrazole rings is 1. The zero-order chi connectivity index (χ0) is 9.97. The first-order chi connectivity index (χ1) is 6.77. The first-order valence-corrected chi connectivity index (χ1v) is 4.77. The summed E-state index contributed by atoms with van der Waals surface area (Å²) in [5.41, 5.74) is 0. The smallest absolute Gasteiger partial charge is 0.375 e. The van der Waals surface area contributed by atoms with E-state index in [9.17, 15) is 4.79 Å². The number of carboxylic acid groups (broad SMARTS) is 1. The summed E-state index contributed by atoms with van der Waals surface area (Å²) in [5, 5.41) is 19.3. The largest absolute Gasteiger partial charge is 0.475 e. The Balaban J connectivity index is 2.07. The van der Waals surface area contributed by atoms with E-state index in [4.69, 9.17) is 5.11 Å². The van der Waals surface area contributed by atoms with Gasteiger partial charge in [0.05, 0.1) is 0 Å². The van der Waals surface area contributed by atoms with Crippen molar-refractivity contribution in [2.45, 2.75) is 32.2 Å². The molecule has 0 bridgehead atoms. The number of nitrogens with zero attached hydrogens (tertiary/aromatic N) is 4. The minimum absolute atomic E-state index is 0.0584. The van der Waals surface area contributed by atoms with Crippen LogP contribution in [0.3, 0.4) is 0 Å². The Morgan fingerprint density at radius 1 is 1.50 bits per heavy atom. The van der Waals surface area contributed by atoms with E-state index in [1.54, 1.807) is 0 Å². The van der Waals surface area contributed by atoms with Crippen LogP contribution in [-0.4, -0.2) is 31.3 Å². The molecule has 14 heavy (non-hydrogen) atoms. The van der Waals surface area contributed by atoms with Gasteiger partial charge in [0.25, 0.3) is 5.82 Å². The Morgan fingerprint density at radius 2 is 2.21 bits per heavy atom. The van der Waals surface area contributed by atoms with Crippen molar-refractivity contribution in [3.63, 3.8) is 0 Å². The number of aromatic nitrogens is 4. The first-order valence-electron chi connectivity index (χ1n) is 4.77. The van der Waals surface area contributed by atoms with Crippen molar-refractivity contribution < 1.29 is 9.90 Å². The summed E-state index contributed by atoms with van der Waals surface area (Å²) in [5.74, 6) is -0.582. The third-order valence-electron chi connectivity index (χ3n) is 2.63. The van der Waals surface area contributed by atoms with E-state index in [0.29, 0.717) is 12.5 Å². The zero-order valence-electron chi connectivity index (χ0n) is 7.76. The van der Waals surface area contributed by atoms with Crippen LogP contribution in [0.5, 0.6) is 0 Å². The minimum atomic E-state index is -1.06. The highest BCUT2D eigenvalue weighted by atomic mass is 16.4. The van der Waals surface area contributed by atoms with Crippen LogP contribution < -0.4 is 0 Å². The molecular weight excluding hydrogens is 184 g/mol. The molecule has 6 heteroatoms. The third-order valence-corrected chi connectivity index (χ3v) is 2.63. The molecule has 0 saturated heterocycles. The molecule has 6 nitrogen and oxygen atoms in total. The van der Waals surface area contributed by atoms with Crippen molar-refractivity contribution in [3.05, 3.63) is 5.82 Å². The summed E-state index contributed by atoms with van der Waals surface area (Å²) < 4.78 is 1.39. The predicted octanol–water partition coefficient (Wildman–Crippen LogP) is 0.561. The number of carboxylic acids is 1. The van der Waals surface area contributed by atoms with Gasteiger partial charge in [0.15, 0.2) is 0 Å². The van der Waals surface area contributed by atoms with E-state index in [1.165, 1.54) is 17.5 Å². The second kappa shape index (κ2) is 3.73. The van der Waals surface area contributed by atoms with Gasteiger partial charge >= 0.3 is 5.97 Å². The molecule has 1 aromatic heterocycles. The second-order valence-corrected chi connectivity index (χ2v) is 3.64. The molecule has 1 saturated carbocycles. The summed E-state index contributed by atoms with van der Waals surface area (Å²) in [6.07, 6.45) is 4.77. The average molecular weight is 196 g/mol. The van der Waals surface area contributed by atoms with Gasteiger partial charge in [0.1, 0.15) is 0 Å². The fourth-order valence-electron chi connectivity index (χ4n) is 1.92. The van der Waals surface area contributed by atoms with Gasteiger partial charge < -0.3 is 5.11 Å². The van der Waals surface area contributed by atoms with Crippen LogP contribution in [0.4, 0.5) is 0 Å². The number of carbonyl (C=O) groups is 1. The molecule has 1 N–H and O–H groups in total. The summed E-state index contributed by atoms with van der Waals surface area (Å²) in [6.45, 7) is 0.634. The van der Waals surface area contributed by atoms with Crippen molar-refractivity contribution >= 4 is 5.97 Å². The SMILES string of the molecule is O=C(O)c1nnnn1CC1CCCC1. The van der Waals surface area contributed by atoms with Crippen molar-refractivity contribution in [1.82, 2.24) is 20.2 Å². The van der Waals surface area contributed by atoms with Crippen LogP contribution in [-0.2, 0) is 6.54 Å². The van der Waals surface area contributed by atoms with E-state index < -0.39 is 5.97 Å². The Hall–Kier alpha value is -1.46. The molecule has 0 atom stereocenters. The van der Waals surface area contributed by atoms with Crippen LogP contribution in [0, 0.1) is 5.92 Å². The maximum atomic E-state index is 10.7. The molecule has 1 aliphatic rings. The number of aromatic carboxylic acids is 1. The topological polar surface area (TPSA) is 80.9 Å². The van der Waals surface area contributed by atoms with Crippen molar-refractivity contribution in [1.29, 1.82) is 0 Å². The van der Waals surface area contributed by atoms with Crippen LogP contribution in [0.25, 0.3) is 0 Å². The fourth-order valence-corrected chi connectivity index (χ4v) is 1.92. The molecule has 1 fully saturated rings. The van der Waals surface area contributed by atoms with E-state index in [1.807, 2.05) is 0 Å². The molecule has 2 rings (SSSR count). The lowest BCUT2D eigenvalue weighted by atomic mass is 10.1. The molecular formula is C8H12N4O2. The van der Waals surface area contributed by atoms with Gasteiger partial charge in [0, 0.05) is 6.54 Å². The Bertz CT molecular complexity index is 330. The van der Waals surface area contributed by atoms with Crippen molar-refractivity contribution in [2.24, 2.45) is 5.92 Å². The molecule has 0 unspecified atom stereocenters. The zero-order valence-corrected chi connectivity index (χ0v) is 7.76. The summed E-state index contributed by atoms with van der Waals surface area (Å²) in [6, 6.07) is 0. The molecule has 0 radical (unpaired) electrons. The number of hydrogen-bond donors (Lipinski definition) is 1. The lowest BCUT2D eigenvalue weighted by Crippen LogP contribution is -2.15. The van der Waals surface area contributed by atoms with Gasteiger partial charge in [-0.25, -0.2) is 9.48 Å². The van der Waals surface area contributed by atoms with Gasteiger partial charge in [0.2, 0.25) is 0 Å². The van der Waals surface area contributed by atoms with Crippen molar-refractivity contribution in [3.8, 4) is 0 Å². The Kier molecular flexibility index (Phi) is 2.43. The standard InChI is InChI=1S/C8H12N4O2/c13-8(14)7-9-10-11-12(7)5-6-3-1-2-4-6/h6H,1-5H2,(H,13,14). The quantitative estimate of drug-likeness (QED) is 0.764. The van der Waals surface area contributed by atoms with E-state index in [0.717, 1.165) is 12.8 Å². The molecule has 1 aliphatic carbocycles. The lowest BCUT2D eigenvalue weighted by Gasteiger charge is -2.07. The highest BCUT2D eigenvalue weighted by molar-refractivity contribution is 5.82. The first kappa shape index (κ1) is 9.11. The molecule has 1 aromatic rings. The monoisotopic (exact) mass is 196 g/mol. The van der Waals surface area contributed by atoms with Gasteiger partial charge in [-0.05, 0) is 29.2 Å². The van der Waals surface area contributed by atoms with Gasteiger partial charge in [-0.3, -0.25) is 0 Å². The van der Waals surface area contributed by atoms with Crippen LogP contribution in [0.2, 0.25) is 0 Å². The fraction of sp³-hybridized carbons (Fsp3) is 0.750. The van der Waals surface area contributed by atoms with Gasteiger partial charge in [-0.2, -0.15) is 0 Å². The Morgan fingerprint density at radius 3 is 2.86 bits per heavy atom. The van der Waals surface area contributed by atoms with E-state index >= 15 is 0 Å². The second-order valence-electron chi connectivity index (χ2n) is 3.64. The van der Waals surface area contributed by atoms with Gasteiger partial charge in [-0.1, -0.05) is 12.8 Å². The maximum absolute atomic E-state index is 10.7. The third kappa shape index (κ3) is 1.73. The van der Waals surface area contributed by atoms with Crippen LogP contribution in [0.1, 0.15) is 36.3 Å². The number of rotatable bonds is 3. The van der Waals surface area contributed by atoms with Crippen LogP contribution >= 0.6 is 0 Å². The highest BCUT2D eigenvalue weighted by Gasteiger charge is 2.20. The molecule has 0 aliphatic heterocycles. The molecule has 0 amide bonds. The average Bonchev–Trinajstić information content (AvgIpc) is 2.75. The molecule has 1 heterocycles. The minimum Gasteiger partial charge on any atom is -0.475 e. The summed E-state index contributed by atoms with van der Waals surface area (Å²) >= 11 is 0. The highest BCUT2D eigenvalue weighted by Crippen LogP contribution is 2.25.